The summed E-state index contributed by atoms with van der Waals surface area (Å²) in [7, 11) is 1.47. The number of rotatable bonds is 11. The summed E-state index contributed by atoms with van der Waals surface area (Å²) in [6, 6.07) is 1.84. The molecule has 0 fully saturated rings. The maximum absolute atomic E-state index is 12.7. The van der Waals surface area contributed by atoms with Gasteiger partial charge in [-0.2, -0.15) is 9.97 Å². The molecule has 23 heavy (non-hydrogen) atoms. The number of ether oxygens (including phenoxy) is 2. The molecule has 6 nitrogen and oxygen atoms in total. The fraction of sp³-hybridized carbons (Fsp3) is 0.571. The van der Waals surface area contributed by atoms with E-state index in [1.165, 1.54) is 29.9 Å². The highest BCUT2D eigenvalue weighted by atomic mass is 33.1. The van der Waals surface area contributed by atoms with Crippen molar-refractivity contribution < 1.29 is 18.6 Å². The predicted molar refractivity (Wildman–Crippen MR) is 96.2 cm³/mol. The first-order valence-electron chi connectivity index (χ1n) is 7.08. The van der Waals surface area contributed by atoms with E-state index in [0.717, 1.165) is 12.2 Å². The van der Waals surface area contributed by atoms with Gasteiger partial charge in [0, 0.05) is 17.6 Å². The average Bonchev–Trinajstić information content (AvgIpc) is 2.56. The van der Waals surface area contributed by atoms with Crippen LogP contribution in [0.15, 0.2) is 6.07 Å². The van der Waals surface area contributed by atoms with E-state index in [-0.39, 0.29) is 12.6 Å². The largest absolute Gasteiger partial charge is 0.467 e. The molecule has 1 rings (SSSR count). The van der Waals surface area contributed by atoms with E-state index in [9.17, 15) is 4.57 Å². The molecule has 0 aliphatic heterocycles. The highest BCUT2D eigenvalue weighted by Gasteiger charge is 2.24. The van der Waals surface area contributed by atoms with Gasteiger partial charge in [0.05, 0.1) is 19.4 Å². The van der Waals surface area contributed by atoms with Crippen molar-refractivity contribution in [1.82, 2.24) is 9.97 Å². The van der Waals surface area contributed by atoms with Gasteiger partial charge in [0.15, 0.2) is 6.61 Å². The van der Waals surface area contributed by atoms with Crippen molar-refractivity contribution in [2.24, 2.45) is 0 Å². The van der Waals surface area contributed by atoms with Gasteiger partial charge in [0.25, 0.3) is 0 Å². The van der Waals surface area contributed by atoms with Gasteiger partial charge in [-0.05, 0) is 13.3 Å². The zero-order chi connectivity index (χ0) is 17.1. The van der Waals surface area contributed by atoms with Crippen LogP contribution in [0.1, 0.15) is 26.0 Å². The molecular weight excluding hydrogens is 355 g/mol. The second-order valence-electron chi connectivity index (χ2n) is 4.15. The lowest BCUT2D eigenvalue weighted by atomic mass is 10.4. The highest BCUT2D eigenvalue weighted by Crippen LogP contribution is 2.70. The maximum atomic E-state index is 12.7. The molecule has 0 radical (unpaired) electrons. The Kier molecular flexibility index (Phi) is 9.49. The Hall–Kier alpha value is -0.870. The molecule has 0 saturated heterocycles. The van der Waals surface area contributed by atoms with Crippen LogP contribution in [0, 0.1) is 12.3 Å². The fourth-order valence-electron chi connectivity index (χ4n) is 1.42. The summed E-state index contributed by atoms with van der Waals surface area (Å²) < 4.78 is 28.5. The lowest BCUT2D eigenvalue weighted by Gasteiger charge is -2.15. The Labute approximate surface area is 145 Å². The lowest BCUT2D eigenvalue weighted by molar-refractivity contribution is 0.330. The maximum Gasteiger partial charge on any atom is 0.319 e. The van der Waals surface area contributed by atoms with Crippen LogP contribution in [0.3, 0.4) is 0 Å². The van der Waals surface area contributed by atoms with Gasteiger partial charge < -0.3 is 14.0 Å². The zero-order valence-electron chi connectivity index (χ0n) is 13.5. The van der Waals surface area contributed by atoms with Crippen molar-refractivity contribution in [3.05, 3.63) is 11.8 Å². The van der Waals surface area contributed by atoms with E-state index in [1.54, 1.807) is 6.07 Å². The summed E-state index contributed by atoms with van der Waals surface area (Å²) in [6.07, 6.45) is 6.11. The standard InChI is InChI=1S/C14H21N2O4PS2/c1-5-8-19-13-10-12(15-14(16-13)18-4)11-23-21(17,20-7-3)22-9-6-2/h1,10H,6-9,11H2,2-4H3. The van der Waals surface area contributed by atoms with E-state index < -0.39 is 5.77 Å². The summed E-state index contributed by atoms with van der Waals surface area (Å²) in [5.74, 6) is 1.09. The van der Waals surface area contributed by atoms with Crippen molar-refractivity contribution in [2.45, 2.75) is 26.0 Å². The Balaban J connectivity index is 2.81. The van der Waals surface area contributed by atoms with Crippen LogP contribution in [0.2, 0.25) is 0 Å². The molecule has 0 aromatic carbocycles. The normalized spacial score (nSPS) is 13.1. The molecule has 1 atom stereocenters. The second kappa shape index (κ2) is 10.8. The van der Waals surface area contributed by atoms with E-state index in [2.05, 4.69) is 15.9 Å². The van der Waals surface area contributed by atoms with Crippen molar-refractivity contribution in [3.63, 3.8) is 0 Å². The Morgan fingerprint density at radius 1 is 1.35 bits per heavy atom. The summed E-state index contributed by atoms with van der Waals surface area (Å²) in [5, 5.41) is 0. The third-order valence-corrected chi connectivity index (χ3v) is 9.92. The van der Waals surface area contributed by atoms with Crippen LogP contribution in [-0.4, -0.2) is 36.0 Å². The number of nitrogens with zero attached hydrogens (tertiary/aromatic N) is 2. The molecule has 0 spiro atoms. The Bertz CT molecular complexity index is 580. The molecule has 1 aromatic rings. The number of aromatic nitrogens is 2. The summed E-state index contributed by atoms with van der Waals surface area (Å²) in [6.45, 7) is 4.39. The van der Waals surface area contributed by atoms with Crippen LogP contribution in [0.25, 0.3) is 0 Å². The predicted octanol–water partition coefficient (Wildman–Crippen LogP) is 4.02. The molecule has 0 aliphatic rings. The monoisotopic (exact) mass is 376 g/mol. The quantitative estimate of drug-likeness (QED) is 0.424. The molecule has 0 bridgehead atoms. The lowest BCUT2D eigenvalue weighted by Crippen LogP contribution is -2.02. The molecule has 0 aliphatic carbocycles. The second-order valence-corrected chi connectivity index (χ2v) is 11.6. The Morgan fingerprint density at radius 3 is 2.74 bits per heavy atom. The number of hydrogen-bond acceptors (Lipinski definition) is 8. The molecule has 0 saturated carbocycles. The van der Waals surface area contributed by atoms with Gasteiger partial charge in [-0.1, -0.05) is 35.6 Å². The highest BCUT2D eigenvalue weighted by molar-refractivity contribution is 8.89. The van der Waals surface area contributed by atoms with Crippen molar-refractivity contribution in [1.29, 1.82) is 0 Å². The van der Waals surface area contributed by atoms with Gasteiger partial charge in [-0.15, -0.1) is 6.42 Å². The molecule has 1 heterocycles. The number of hydrogen-bond donors (Lipinski definition) is 0. The van der Waals surface area contributed by atoms with Crippen LogP contribution in [-0.2, 0) is 14.8 Å². The van der Waals surface area contributed by atoms with Crippen LogP contribution in [0.5, 0.6) is 11.9 Å². The third-order valence-electron chi connectivity index (χ3n) is 2.33. The molecular formula is C14H21N2O4PS2. The first kappa shape index (κ1) is 20.2. The molecule has 0 amide bonds. The van der Waals surface area contributed by atoms with Crippen LogP contribution < -0.4 is 9.47 Å². The van der Waals surface area contributed by atoms with Gasteiger partial charge in [0.1, 0.15) is 0 Å². The number of methoxy groups -OCH3 is 1. The first-order chi connectivity index (χ1) is 11.1. The minimum absolute atomic E-state index is 0.108. The van der Waals surface area contributed by atoms with Gasteiger partial charge >= 0.3 is 11.8 Å². The van der Waals surface area contributed by atoms with Crippen molar-refractivity contribution >= 4 is 28.5 Å². The molecule has 9 heteroatoms. The van der Waals surface area contributed by atoms with E-state index in [4.69, 9.17) is 20.4 Å². The van der Waals surface area contributed by atoms with E-state index in [0.29, 0.717) is 23.9 Å². The van der Waals surface area contributed by atoms with E-state index >= 15 is 0 Å². The molecule has 1 aromatic heterocycles. The smallest absolute Gasteiger partial charge is 0.319 e. The van der Waals surface area contributed by atoms with Crippen LogP contribution >= 0.6 is 28.5 Å². The first-order valence-corrected chi connectivity index (χ1v) is 11.9. The zero-order valence-corrected chi connectivity index (χ0v) is 16.0. The van der Waals surface area contributed by atoms with E-state index in [1.807, 2.05) is 13.8 Å². The average molecular weight is 376 g/mol. The Morgan fingerprint density at radius 2 is 2.13 bits per heavy atom. The summed E-state index contributed by atoms with van der Waals surface area (Å²) >= 11 is 2.61. The molecule has 1 unspecified atom stereocenters. The van der Waals surface area contributed by atoms with Gasteiger partial charge in [-0.25, -0.2) is 0 Å². The fourth-order valence-corrected chi connectivity index (χ4v) is 8.02. The third kappa shape index (κ3) is 7.49. The summed E-state index contributed by atoms with van der Waals surface area (Å²) in [5.41, 5.74) is 0.644. The van der Waals surface area contributed by atoms with Gasteiger partial charge in [0.2, 0.25) is 5.88 Å². The van der Waals surface area contributed by atoms with Gasteiger partial charge in [-0.3, -0.25) is 4.57 Å². The van der Waals surface area contributed by atoms with Crippen LogP contribution in [0.4, 0.5) is 0 Å². The topological polar surface area (TPSA) is 70.5 Å². The minimum Gasteiger partial charge on any atom is -0.467 e. The number of terminal acetylenes is 1. The SMILES string of the molecule is C#CCOc1cc(CSP(=O)(OCC)SCCC)nc(OC)n1. The summed E-state index contributed by atoms with van der Waals surface area (Å²) in [4.78, 5) is 8.29. The minimum atomic E-state index is -2.80. The molecule has 0 N–H and O–H groups in total. The molecule has 128 valence electrons. The van der Waals surface area contributed by atoms with Crippen molar-refractivity contribution in [3.8, 4) is 24.2 Å². The van der Waals surface area contributed by atoms with Crippen molar-refractivity contribution in [2.75, 3.05) is 26.1 Å².